The van der Waals surface area contributed by atoms with Crippen molar-refractivity contribution in [2.45, 2.75) is 31.6 Å². The molecule has 0 bridgehead atoms. The zero-order valence-corrected chi connectivity index (χ0v) is 11.0. The molecular formula is C15H14FNO3. The summed E-state index contributed by atoms with van der Waals surface area (Å²) in [6.07, 6.45) is 2.92. The summed E-state index contributed by atoms with van der Waals surface area (Å²) in [4.78, 5) is 24.9. The van der Waals surface area contributed by atoms with Gasteiger partial charge in [0.05, 0.1) is 5.52 Å². The maximum atomic E-state index is 14.6. The van der Waals surface area contributed by atoms with Crippen molar-refractivity contribution >= 4 is 16.9 Å². The molecule has 0 amide bonds. The molecule has 4 nitrogen and oxygen atoms in total. The van der Waals surface area contributed by atoms with Gasteiger partial charge < -0.3 is 10.1 Å². The molecule has 2 N–H and O–H groups in total. The van der Waals surface area contributed by atoms with Gasteiger partial charge in [-0.2, -0.15) is 0 Å². The normalized spacial score (nSPS) is 16.9. The smallest absolute Gasteiger partial charge is 0.341 e. The van der Waals surface area contributed by atoms with Crippen molar-refractivity contribution in [3.05, 3.63) is 45.5 Å². The van der Waals surface area contributed by atoms with E-state index in [9.17, 15) is 14.0 Å². The number of carboxylic acid groups (broad SMARTS) is 1. The van der Waals surface area contributed by atoms with E-state index in [0.29, 0.717) is 10.9 Å². The summed E-state index contributed by atoms with van der Waals surface area (Å²) in [5.74, 6) is -1.76. The zero-order chi connectivity index (χ0) is 14.5. The molecular weight excluding hydrogens is 261 g/mol. The lowest BCUT2D eigenvalue weighted by Crippen LogP contribution is -2.31. The van der Waals surface area contributed by atoms with Crippen LogP contribution in [0.1, 0.15) is 42.1 Å². The fraction of sp³-hybridized carbons (Fsp3) is 0.333. The predicted octanol–water partition coefficient (Wildman–Crippen LogP) is 2.81. The van der Waals surface area contributed by atoms with Crippen LogP contribution < -0.4 is 5.56 Å². The molecule has 20 heavy (non-hydrogen) atoms. The molecule has 0 atom stereocenters. The molecule has 1 fully saturated rings. The van der Waals surface area contributed by atoms with E-state index in [4.69, 9.17) is 5.11 Å². The first kappa shape index (κ1) is 12.8. The second-order valence-corrected chi connectivity index (χ2v) is 5.62. The van der Waals surface area contributed by atoms with Crippen molar-refractivity contribution in [2.24, 2.45) is 0 Å². The highest BCUT2D eigenvalue weighted by Crippen LogP contribution is 2.44. The molecule has 1 aromatic heterocycles. The molecule has 0 aliphatic heterocycles. The van der Waals surface area contributed by atoms with E-state index in [0.717, 1.165) is 19.3 Å². The molecule has 0 spiro atoms. The van der Waals surface area contributed by atoms with E-state index in [1.807, 2.05) is 6.92 Å². The highest BCUT2D eigenvalue weighted by atomic mass is 19.1. The number of aromatic carboxylic acids is 1. The van der Waals surface area contributed by atoms with Gasteiger partial charge in [-0.15, -0.1) is 0 Å². The quantitative estimate of drug-likeness (QED) is 0.885. The van der Waals surface area contributed by atoms with Gasteiger partial charge in [-0.05, 0) is 29.9 Å². The van der Waals surface area contributed by atoms with E-state index in [2.05, 4.69) is 4.98 Å². The Kier molecular flexibility index (Phi) is 2.67. The van der Waals surface area contributed by atoms with Gasteiger partial charge in [0, 0.05) is 5.39 Å². The highest BCUT2D eigenvalue weighted by molar-refractivity contribution is 5.92. The Bertz CT molecular complexity index is 775. The van der Waals surface area contributed by atoms with Crippen LogP contribution in [0.3, 0.4) is 0 Å². The molecule has 5 heteroatoms. The van der Waals surface area contributed by atoms with Crippen LogP contribution in [0.2, 0.25) is 0 Å². The number of halogens is 1. The Balaban J connectivity index is 2.26. The van der Waals surface area contributed by atoms with Crippen molar-refractivity contribution < 1.29 is 14.3 Å². The predicted molar refractivity (Wildman–Crippen MR) is 72.7 cm³/mol. The van der Waals surface area contributed by atoms with Crippen LogP contribution in [-0.4, -0.2) is 16.1 Å². The van der Waals surface area contributed by atoms with Crippen LogP contribution >= 0.6 is 0 Å². The van der Waals surface area contributed by atoms with Gasteiger partial charge in [0.2, 0.25) is 0 Å². The molecule has 0 radical (unpaired) electrons. The lowest BCUT2D eigenvalue weighted by Gasteiger charge is -2.39. The maximum Gasteiger partial charge on any atom is 0.341 e. The summed E-state index contributed by atoms with van der Waals surface area (Å²) in [6, 6.07) is 4.58. The second kappa shape index (κ2) is 4.16. The average molecular weight is 275 g/mol. The van der Waals surface area contributed by atoms with Gasteiger partial charge in [-0.3, -0.25) is 4.79 Å². The Morgan fingerprint density at radius 2 is 2.10 bits per heavy atom. The monoisotopic (exact) mass is 275 g/mol. The summed E-state index contributed by atoms with van der Waals surface area (Å²) in [7, 11) is 0. The Morgan fingerprint density at radius 3 is 2.65 bits per heavy atom. The number of pyridine rings is 1. The maximum absolute atomic E-state index is 14.6. The fourth-order valence-corrected chi connectivity index (χ4v) is 2.84. The van der Waals surface area contributed by atoms with Gasteiger partial charge in [0.25, 0.3) is 5.56 Å². The van der Waals surface area contributed by atoms with Crippen LogP contribution in [0, 0.1) is 5.82 Å². The van der Waals surface area contributed by atoms with Gasteiger partial charge in [0.1, 0.15) is 5.56 Å². The number of aromatic amines is 1. The first-order valence-corrected chi connectivity index (χ1v) is 6.52. The largest absolute Gasteiger partial charge is 0.477 e. The van der Waals surface area contributed by atoms with Crippen LogP contribution in [-0.2, 0) is 5.41 Å². The third-order valence-corrected chi connectivity index (χ3v) is 4.29. The number of rotatable bonds is 2. The van der Waals surface area contributed by atoms with Gasteiger partial charge >= 0.3 is 5.97 Å². The summed E-state index contributed by atoms with van der Waals surface area (Å²) < 4.78 is 14.6. The van der Waals surface area contributed by atoms with Crippen molar-refractivity contribution in [2.75, 3.05) is 0 Å². The van der Waals surface area contributed by atoms with Crippen LogP contribution in [0.25, 0.3) is 10.9 Å². The van der Waals surface area contributed by atoms with Crippen molar-refractivity contribution in [1.29, 1.82) is 0 Å². The topological polar surface area (TPSA) is 70.2 Å². The fourth-order valence-electron chi connectivity index (χ4n) is 2.84. The molecule has 2 aromatic rings. The minimum Gasteiger partial charge on any atom is -0.477 e. The first-order chi connectivity index (χ1) is 9.42. The summed E-state index contributed by atoms with van der Waals surface area (Å²) in [6.45, 7) is 2.00. The molecule has 1 heterocycles. The molecule has 1 saturated carbocycles. The minimum absolute atomic E-state index is 0.0885. The number of carboxylic acids is 1. The van der Waals surface area contributed by atoms with E-state index in [1.54, 1.807) is 12.1 Å². The van der Waals surface area contributed by atoms with E-state index >= 15 is 0 Å². The van der Waals surface area contributed by atoms with Gasteiger partial charge in [-0.25, -0.2) is 9.18 Å². The number of fused-ring (bicyclic) bond motifs is 1. The number of aromatic nitrogens is 1. The summed E-state index contributed by atoms with van der Waals surface area (Å²) >= 11 is 0. The number of nitrogens with one attached hydrogen (secondary N) is 1. The van der Waals surface area contributed by atoms with Crippen molar-refractivity contribution in [3.63, 3.8) is 0 Å². The first-order valence-electron chi connectivity index (χ1n) is 6.52. The van der Waals surface area contributed by atoms with Gasteiger partial charge in [-0.1, -0.05) is 25.5 Å². The third kappa shape index (κ3) is 1.73. The van der Waals surface area contributed by atoms with E-state index in [1.165, 1.54) is 6.07 Å². The zero-order valence-electron chi connectivity index (χ0n) is 11.0. The highest BCUT2D eigenvalue weighted by Gasteiger charge is 2.36. The number of hydrogen-bond donors (Lipinski definition) is 2. The van der Waals surface area contributed by atoms with Crippen LogP contribution in [0.4, 0.5) is 4.39 Å². The number of hydrogen-bond acceptors (Lipinski definition) is 2. The van der Waals surface area contributed by atoms with Crippen molar-refractivity contribution in [1.82, 2.24) is 4.98 Å². The molecule has 104 valence electrons. The lowest BCUT2D eigenvalue weighted by atomic mass is 9.66. The Morgan fingerprint density at radius 1 is 1.40 bits per heavy atom. The average Bonchev–Trinajstić information content (AvgIpc) is 2.36. The molecule has 0 saturated heterocycles. The summed E-state index contributed by atoms with van der Waals surface area (Å²) in [5, 5.41) is 9.31. The Hall–Kier alpha value is -2.17. The molecule has 1 aromatic carbocycles. The summed E-state index contributed by atoms with van der Waals surface area (Å²) in [5.41, 5.74) is -0.652. The standard InChI is InChI=1S/C15H14FNO3/c1-15(5-2-6-15)10-4-3-8-7-9(14(19)20)13(18)17-12(8)11(10)16/h3-4,7H,2,5-6H2,1H3,(H,17,18)(H,19,20). The third-order valence-electron chi connectivity index (χ3n) is 4.29. The minimum atomic E-state index is -1.32. The second-order valence-electron chi connectivity index (χ2n) is 5.62. The Labute approximate surface area is 114 Å². The van der Waals surface area contributed by atoms with Gasteiger partial charge in [0.15, 0.2) is 5.82 Å². The van der Waals surface area contributed by atoms with Crippen molar-refractivity contribution in [3.8, 4) is 0 Å². The SMILES string of the molecule is CC1(c2ccc3cc(C(=O)O)c(=O)[nH]c3c2F)CCC1. The van der Waals surface area contributed by atoms with Crippen LogP contribution in [0.5, 0.6) is 0 Å². The molecule has 1 aliphatic carbocycles. The molecule has 0 unspecified atom stereocenters. The van der Waals surface area contributed by atoms with E-state index < -0.39 is 17.3 Å². The number of H-pyrrole nitrogens is 1. The number of benzene rings is 1. The number of carbonyl (C=O) groups is 1. The molecule has 1 aliphatic rings. The molecule has 3 rings (SSSR count). The van der Waals surface area contributed by atoms with E-state index in [-0.39, 0.29) is 16.5 Å². The van der Waals surface area contributed by atoms with Crippen LogP contribution in [0.15, 0.2) is 23.0 Å². The lowest BCUT2D eigenvalue weighted by molar-refractivity contribution is 0.0695.